The number of carbonyl (C=O) groups excluding carboxylic acids is 1. The van der Waals surface area contributed by atoms with E-state index in [0.717, 1.165) is 11.0 Å². The Morgan fingerprint density at radius 1 is 1.58 bits per heavy atom. The van der Waals surface area contributed by atoms with Crippen LogP contribution in [0.4, 0.5) is 4.39 Å². The largest absolute Gasteiger partial charge is 0.496 e. The highest BCUT2D eigenvalue weighted by Gasteiger charge is 2.44. The molecule has 19 heavy (non-hydrogen) atoms. The molecule has 0 heterocycles. The minimum Gasteiger partial charge on any atom is -0.496 e. The van der Waals surface area contributed by atoms with E-state index in [1.807, 2.05) is 0 Å². The molecule has 1 N–H and O–H groups in total. The predicted molar refractivity (Wildman–Crippen MR) is 66.4 cm³/mol. The van der Waals surface area contributed by atoms with Gasteiger partial charge in [-0.15, -0.1) is 0 Å². The molecule has 0 aliphatic rings. The maximum atomic E-state index is 14.0. The molecule has 0 fully saturated rings. The molecule has 0 bridgehead atoms. The van der Waals surface area contributed by atoms with Crippen LogP contribution in [0, 0.1) is 5.82 Å². The van der Waals surface area contributed by atoms with Crippen LogP contribution in [0.5, 0.6) is 5.75 Å². The van der Waals surface area contributed by atoms with Gasteiger partial charge < -0.3 is 14.7 Å². The molecular formula is C13H16FNO4. The molecule has 0 aliphatic carbocycles. The van der Waals surface area contributed by atoms with E-state index in [1.165, 1.54) is 26.2 Å². The Morgan fingerprint density at radius 3 is 2.63 bits per heavy atom. The van der Waals surface area contributed by atoms with Crippen molar-refractivity contribution < 1.29 is 23.8 Å². The van der Waals surface area contributed by atoms with Gasteiger partial charge in [-0.1, -0.05) is 6.07 Å². The van der Waals surface area contributed by atoms with E-state index in [9.17, 15) is 19.1 Å². The second kappa shape index (κ2) is 5.69. The zero-order valence-corrected chi connectivity index (χ0v) is 11.0. The second-order valence-corrected chi connectivity index (χ2v) is 4.09. The first-order valence-electron chi connectivity index (χ1n) is 5.71. The van der Waals surface area contributed by atoms with Crippen LogP contribution < -0.4 is 4.74 Å². The summed E-state index contributed by atoms with van der Waals surface area (Å²) >= 11 is 0. The third-order valence-corrected chi connectivity index (χ3v) is 3.14. The highest BCUT2D eigenvalue weighted by Crippen LogP contribution is 2.36. The molecule has 104 valence electrons. The van der Waals surface area contributed by atoms with Crippen LogP contribution in [0.25, 0.3) is 0 Å². The van der Waals surface area contributed by atoms with Gasteiger partial charge in [0.15, 0.2) is 5.54 Å². The molecule has 1 unspecified atom stereocenters. The summed E-state index contributed by atoms with van der Waals surface area (Å²) in [6.07, 6.45) is 0.389. The van der Waals surface area contributed by atoms with Crippen molar-refractivity contribution in [2.75, 3.05) is 13.7 Å². The minimum atomic E-state index is -1.83. The lowest BCUT2D eigenvalue weighted by Gasteiger charge is -2.35. The Bertz CT molecular complexity index is 492. The Labute approximate surface area is 110 Å². The van der Waals surface area contributed by atoms with Crippen molar-refractivity contribution in [3.05, 3.63) is 29.6 Å². The van der Waals surface area contributed by atoms with Crippen molar-refractivity contribution in [2.24, 2.45) is 0 Å². The summed E-state index contributed by atoms with van der Waals surface area (Å²) in [7, 11) is 1.32. The van der Waals surface area contributed by atoms with E-state index in [0.29, 0.717) is 6.41 Å². The molecule has 1 amide bonds. The van der Waals surface area contributed by atoms with Crippen LogP contribution >= 0.6 is 0 Å². The SMILES string of the molecule is CCN(C=O)C(C)(C(=O)O)c1c(F)cccc1OC. The fourth-order valence-corrected chi connectivity index (χ4v) is 2.02. The fraction of sp³-hybridized carbons (Fsp3) is 0.385. The normalized spacial score (nSPS) is 13.5. The van der Waals surface area contributed by atoms with Gasteiger partial charge in [0.25, 0.3) is 0 Å². The Morgan fingerprint density at radius 2 is 2.21 bits per heavy atom. The number of nitrogens with zero attached hydrogens (tertiary/aromatic N) is 1. The molecule has 0 radical (unpaired) electrons. The van der Waals surface area contributed by atoms with Gasteiger partial charge >= 0.3 is 5.97 Å². The maximum absolute atomic E-state index is 14.0. The first-order valence-corrected chi connectivity index (χ1v) is 5.71. The Hall–Kier alpha value is -2.11. The number of rotatable bonds is 6. The first-order chi connectivity index (χ1) is 8.93. The number of benzene rings is 1. The van der Waals surface area contributed by atoms with E-state index >= 15 is 0 Å². The summed E-state index contributed by atoms with van der Waals surface area (Å²) in [6, 6.07) is 4.01. The summed E-state index contributed by atoms with van der Waals surface area (Å²) in [5, 5.41) is 9.44. The molecule has 0 aromatic heterocycles. The summed E-state index contributed by atoms with van der Waals surface area (Å²) in [4.78, 5) is 23.7. The number of carboxylic acids is 1. The lowest BCUT2D eigenvalue weighted by Crippen LogP contribution is -2.49. The molecule has 0 aliphatic heterocycles. The number of hydrogen-bond acceptors (Lipinski definition) is 3. The van der Waals surface area contributed by atoms with Crippen LogP contribution in [0.1, 0.15) is 19.4 Å². The molecule has 1 rings (SSSR count). The van der Waals surface area contributed by atoms with Crippen molar-refractivity contribution in [2.45, 2.75) is 19.4 Å². The average Bonchev–Trinajstić information content (AvgIpc) is 2.39. The summed E-state index contributed by atoms with van der Waals surface area (Å²) in [6.45, 7) is 3.01. The lowest BCUT2D eigenvalue weighted by atomic mass is 9.89. The van der Waals surface area contributed by atoms with Gasteiger partial charge in [-0.25, -0.2) is 9.18 Å². The topological polar surface area (TPSA) is 66.8 Å². The zero-order chi connectivity index (χ0) is 14.6. The average molecular weight is 269 g/mol. The number of hydrogen-bond donors (Lipinski definition) is 1. The monoisotopic (exact) mass is 269 g/mol. The van der Waals surface area contributed by atoms with Crippen LogP contribution in [0.3, 0.4) is 0 Å². The summed E-state index contributed by atoms with van der Waals surface area (Å²) < 4.78 is 19.1. The van der Waals surface area contributed by atoms with Crippen LogP contribution in [-0.2, 0) is 15.1 Å². The number of aliphatic carboxylic acids is 1. The van der Waals surface area contributed by atoms with E-state index < -0.39 is 17.3 Å². The number of ether oxygens (including phenoxy) is 1. The van der Waals surface area contributed by atoms with Crippen molar-refractivity contribution in [1.29, 1.82) is 0 Å². The van der Waals surface area contributed by atoms with Crippen molar-refractivity contribution in [3.8, 4) is 5.75 Å². The molecule has 0 saturated carbocycles. The van der Waals surface area contributed by atoms with Crippen LogP contribution in [0.15, 0.2) is 18.2 Å². The minimum absolute atomic E-state index is 0.0881. The number of carbonyl (C=O) groups is 2. The highest BCUT2D eigenvalue weighted by molar-refractivity contribution is 5.84. The Balaban J connectivity index is 3.59. The van der Waals surface area contributed by atoms with E-state index in [4.69, 9.17) is 4.74 Å². The molecule has 0 saturated heterocycles. The number of halogens is 1. The summed E-state index contributed by atoms with van der Waals surface area (Å²) in [5.74, 6) is -1.97. The van der Waals surface area contributed by atoms with Gasteiger partial charge in [0.05, 0.1) is 12.7 Å². The summed E-state index contributed by atoms with van der Waals surface area (Å²) in [5.41, 5.74) is -1.99. The number of amides is 1. The lowest BCUT2D eigenvalue weighted by molar-refractivity contribution is -0.155. The van der Waals surface area contributed by atoms with Gasteiger partial charge in [-0.3, -0.25) is 4.79 Å². The van der Waals surface area contributed by atoms with Gasteiger partial charge in [-0.2, -0.15) is 0 Å². The van der Waals surface area contributed by atoms with Crippen LogP contribution in [-0.4, -0.2) is 36.0 Å². The van der Waals surface area contributed by atoms with Gasteiger partial charge in [-0.05, 0) is 26.0 Å². The quantitative estimate of drug-likeness (QED) is 0.797. The third kappa shape index (κ3) is 2.38. The van der Waals surface area contributed by atoms with E-state index in [2.05, 4.69) is 0 Å². The first kappa shape index (κ1) is 14.9. The number of methoxy groups -OCH3 is 1. The molecule has 6 heteroatoms. The molecular weight excluding hydrogens is 253 g/mol. The van der Waals surface area contributed by atoms with Gasteiger partial charge in [0.2, 0.25) is 6.41 Å². The van der Waals surface area contributed by atoms with E-state index in [-0.39, 0.29) is 17.9 Å². The predicted octanol–water partition coefficient (Wildman–Crippen LogP) is 1.61. The smallest absolute Gasteiger partial charge is 0.334 e. The highest BCUT2D eigenvalue weighted by atomic mass is 19.1. The molecule has 5 nitrogen and oxygen atoms in total. The number of carboxylic acid groups (broad SMARTS) is 1. The van der Waals surface area contributed by atoms with Crippen LogP contribution in [0.2, 0.25) is 0 Å². The molecule has 1 aromatic rings. The second-order valence-electron chi connectivity index (χ2n) is 4.09. The number of likely N-dealkylation sites (N-methyl/N-ethyl adjacent to an activating group) is 1. The van der Waals surface area contributed by atoms with Crippen molar-refractivity contribution >= 4 is 12.4 Å². The van der Waals surface area contributed by atoms with Gasteiger partial charge in [0, 0.05) is 6.54 Å². The fourth-order valence-electron chi connectivity index (χ4n) is 2.02. The zero-order valence-electron chi connectivity index (χ0n) is 11.0. The van der Waals surface area contributed by atoms with Gasteiger partial charge in [0.1, 0.15) is 11.6 Å². The maximum Gasteiger partial charge on any atom is 0.334 e. The molecule has 0 spiro atoms. The van der Waals surface area contributed by atoms with E-state index in [1.54, 1.807) is 6.92 Å². The Kier molecular flexibility index (Phi) is 4.47. The van der Waals surface area contributed by atoms with Crippen molar-refractivity contribution in [1.82, 2.24) is 4.90 Å². The van der Waals surface area contributed by atoms with Crippen molar-refractivity contribution in [3.63, 3.8) is 0 Å². The third-order valence-electron chi connectivity index (χ3n) is 3.14. The standard InChI is InChI=1S/C13H16FNO4/c1-4-15(8-16)13(2,12(17)18)11-9(14)6-5-7-10(11)19-3/h5-8H,4H2,1-3H3,(H,17,18). The molecule has 1 atom stereocenters. The molecule has 1 aromatic carbocycles.